The zero-order chi connectivity index (χ0) is 35.8. The number of anilines is 3. The Balaban J connectivity index is 1.08. The highest BCUT2D eigenvalue weighted by Crippen LogP contribution is 2.42. The molecule has 1 heterocycles. The van der Waals surface area contributed by atoms with Crippen molar-refractivity contribution in [2.24, 2.45) is 0 Å². The molecular formula is C52H35NS. The van der Waals surface area contributed by atoms with Crippen LogP contribution in [0.5, 0.6) is 0 Å². The lowest BCUT2D eigenvalue weighted by molar-refractivity contribution is 1.28. The normalized spacial score (nSPS) is 11.3. The molecule has 0 aliphatic rings. The van der Waals surface area contributed by atoms with E-state index >= 15 is 0 Å². The zero-order valence-electron chi connectivity index (χ0n) is 29.6. The molecule has 0 unspecified atom stereocenters. The van der Waals surface area contributed by atoms with E-state index in [4.69, 9.17) is 0 Å². The minimum atomic E-state index is 1.10. The summed E-state index contributed by atoms with van der Waals surface area (Å²) in [6, 6.07) is 77.1. The predicted molar refractivity (Wildman–Crippen MR) is 233 cm³/mol. The average molecular weight is 706 g/mol. The van der Waals surface area contributed by atoms with Crippen LogP contribution in [-0.4, -0.2) is 0 Å². The van der Waals surface area contributed by atoms with Gasteiger partial charge >= 0.3 is 0 Å². The van der Waals surface area contributed by atoms with Crippen molar-refractivity contribution in [2.45, 2.75) is 0 Å². The highest BCUT2D eigenvalue weighted by molar-refractivity contribution is 7.25. The summed E-state index contributed by atoms with van der Waals surface area (Å²) in [6.45, 7) is 0. The van der Waals surface area contributed by atoms with Crippen molar-refractivity contribution in [2.75, 3.05) is 4.90 Å². The van der Waals surface area contributed by atoms with Crippen LogP contribution in [0, 0.1) is 0 Å². The molecule has 254 valence electrons. The van der Waals surface area contributed by atoms with E-state index in [0.29, 0.717) is 0 Å². The van der Waals surface area contributed by atoms with Crippen molar-refractivity contribution in [3.63, 3.8) is 0 Å². The summed E-state index contributed by atoms with van der Waals surface area (Å²) in [5.74, 6) is 0. The van der Waals surface area contributed by atoms with Crippen LogP contribution in [0.3, 0.4) is 0 Å². The first-order valence-electron chi connectivity index (χ1n) is 18.4. The van der Waals surface area contributed by atoms with Gasteiger partial charge in [-0.25, -0.2) is 0 Å². The van der Waals surface area contributed by atoms with Crippen LogP contribution < -0.4 is 4.90 Å². The summed E-state index contributed by atoms with van der Waals surface area (Å²) in [5.41, 5.74) is 13.0. The first kappa shape index (κ1) is 32.0. The second kappa shape index (κ2) is 13.7. The molecule has 0 aliphatic heterocycles. The number of rotatable bonds is 7. The van der Waals surface area contributed by atoms with E-state index in [9.17, 15) is 0 Å². The summed E-state index contributed by atoms with van der Waals surface area (Å²) in [6.07, 6.45) is 0. The standard InChI is InChI=1S/C52H35NS/c1-2-12-36(13-3-1)40-16-8-17-41(34-40)42-18-9-19-45(35-42)53(43-30-26-38(27-31-43)47-22-10-15-37-14-4-5-20-46(37)47)44-32-28-39(29-33-44)48-23-11-25-51-52(48)49-21-6-7-24-50(49)54-51/h1-35H. The van der Waals surface area contributed by atoms with Gasteiger partial charge in [0, 0.05) is 37.2 Å². The molecule has 1 nitrogen and oxygen atoms in total. The molecule has 0 bridgehead atoms. The molecule has 10 aromatic rings. The smallest absolute Gasteiger partial charge is 0.0467 e. The van der Waals surface area contributed by atoms with Crippen molar-refractivity contribution < 1.29 is 0 Å². The number of thiophene rings is 1. The maximum absolute atomic E-state index is 2.38. The van der Waals surface area contributed by atoms with Crippen LogP contribution in [0.4, 0.5) is 17.1 Å². The fourth-order valence-electron chi connectivity index (χ4n) is 7.85. The quantitative estimate of drug-likeness (QED) is 0.160. The monoisotopic (exact) mass is 705 g/mol. The van der Waals surface area contributed by atoms with Crippen molar-refractivity contribution >= 4 is 59.3 Å². The first-order valence-corrected chi connectivity index (χ1v) is 19.2. The van der Waals surface area contributed by atoms with E-state index in [0.717, 1.165) is 17.1 Å². The van der Waals surface area contributed by atoms with Crippen LogP contribution in [-0.2, 0) is 0 Å². The van der Waals surface area contributed by atoms with E-state index in [1.54, 1.807) is 0 Å². The van der Waals surface area contributed by atoms with Gasteiger partial charge in [-0.2, -0.15) is 0 Å². The molecule has 1 aromatic heterocycles. The summed E-state index contributed by atoms with van der Waals surface area (Å²) in [5, 5.41) is 5.16. The molecule has 0 atom stereocenters. The van der Waals surface area contributed by atoms with E-state index in [1.165, 1.54) is 75.5 Å². The van der Waals surface area contributed by atoms with Crippen molar-refractivity contribution in [3.8, 4) is 44.5 Å². The molecule has 0 saturated heterocycles. The molecule has 54 heavy (non-hydrogen) atoms. The Labute approximate surface area is 319 Å². The number of hydrogen-bond donors (Lipinski definition) is 0. The predicted octanol–water partition coefficient (Wildman–Crippen LogP) is 15.3. The van der Waals surface area contributed by atoms with Gasteiger partial charge in [-0.3, -0.25) is 0 Å². The Morgan fingerprint density at radius 1 is 0.296 bits per heavy atom. The summed E-state index contributed by atoms with van der Waals surface area (Å²) >= 11 is 1.86. The van der Waals surface area contributed by atoms with Gasteiger partial charge in [0.2, 0.25) is 0 Å². The lowest BCUT2D eigenvalue weighted by Gasteiger charge is -2.26. The Morgan fingerprint density at radius 2 is 0.815 bits per heavy atom. The molecule has 0 amide bonds. The van der Waals surface area contributed by atoms with Gasteiger partial charge in [-0.15, -0.1) is 11.3 Å². The number of hydrogen-bond acceptors (Lipinski definition) is 2. The first-order chi connectivity index (χ1) is 26.8. The summed E-state index contributed by atoms with van der Waals surface area (Å²) in [4.78, 5) is 2.38. The minimum Gasteiger partial charge on any atom is -0.310 e. The van der Waals surface area contributed by atoms with Gasteiger partial charge in [-0.05, 0) is 110 Å². The van der Waals surface area contributed by atoms with Crippen molar-refractivity contribution in [3.05, 3.63) is 212 Å². The molecule has 10 rings (SSSR count). The molecule has 2 heteroatoms. The highest BCUT2D eigenvalue weighted by atomic mass is 32.1. The second-order valence-electron chi connectivity index (χ2n) is 13.7. The summed E-state index contributed by atoms with van der Waals surface area (Å²) < 4.78 is 2.64. The lowest BCUT2D eigenvalue weighted by Crippen LogP contribution is -2.10. The van der Waals surface area contributed by atoms with E-state index in [-0.39, 0.29) is 0 Å². The molecule has 0 fully saturated rings. The van der Waals surface area contributed by atoms with Gasteiger partial charge in [0.1, 0.15) is 0 Å². The third-order valence-corrected chi connectivity index (χ3v) is 11.6. The van der Waals surface area contributed by atoms with Gasteiger partial charge in [0.15, 0.2) is 0 Å². The largest absolute Gasteiger partial charge is 0.310 e. The maximum Gasteiger partial charge on any atom is 0.0467 e. The Hall–Kier alpha value is -6.74. The van der Waals surface area contributed by atoms with Crippen molar-refractivity contribution in [1.29, 1.82) is 0 Å². The van der Waals surface area contributed by atoms with E-state index < -0.39 is 0 Å². The molecule has 0 radical (unpaired) electrons. The summed E-state index contributed by atoms with van der Waals surface area (Å²) in [7, 11) is 0. The fourth-order valence-corrected chi connectivity index (χ4v) is 8.99. The Kier molecular flexibility index (Phi) is 8.09. The molecule has 0 saturated carbocycles. The number of nitrogens with zero attached hydrogens (tertiary/aromatic N) is 1. The number of benzene rings is 9. The van der Waals surface area contributed by atoms with Gasteiger partial charge < -0.3 is 4.90 Å². The lowest BCUT2D eigenvalue weighted by atomic mass is 9.97. The molecule has 9 aromatic carbocycles. The van der Waals surface area contributed by atoms with Gasteiger partial charge in [-0.1, -0.05) is 158 Å². The highest BCUT2D eigenvalue weighted by Gasteiger charge is 2.16. The maximum atomic E-state index is 2.38. The van der Waals surface area contributed by atoms with Crippen LogP contribution in [0.1, 0.15) is 0 Å². The molecule has 0 aliphatic carbocycles. The minimum absolute atomic E-state index is 1.10. The number of fused-ring (bicyclic) bond motifs is 4. The zero-order valence-corrected chi connectivity index (χ0v) is 30.4. The van der Waals surface area contributed by atoms with E-state index in [1.807, 2.05) is 11.3 Å². The van der Waals surface area contributed by atoms with Crippen LogP contribution >= 0.6 is 11.3 Å². The Morgan fingerprint density at radius 3 is 1.59 bits per heavy atom. The fraction of sp³-hybridized carbons (Fsp3) is 0. The third kappa shape index (κ3) is 5.84. The second-order valence-corrected chi connectivity index (χ2v) is 14.8. The SMILES string of the molecule is c1ccc(-c2cccc(-c3cccc(N(c4ccc(-c5cccc6ccccc56)cc4)c4ccc(-c5cccc6sc7ccccc7c56)cc4)c3)c2)cc1. The van der Waals surface area contributed by atoms with Crippen LogP contribution in [0.15, 0.2) is 212 Å². The Bertz CT molecular complexity index is 2920. The van der Waals surface area contributed by atoms with E-state index in [2.05, 4.69) is 217 Å². The van der Waals surface area contributed by atoms with Crippen molar-refractivity contribution in [1.82, 2.24) is 0 Å². The topological polar surface area (TPSA) is 3.24 Å². The molecular weight excluding hydrogens is 671 g/mol. The van der Waals surface area contributed by atoms with Gasteiger partial charge in [0.25, 0.3) is 0 Å². The molecule has 0 N–H and O–H groups in total. The van der Waals surface area contributed by atoms with Crippen LogP contribution in [0.2, 0.25) is 0 Å². The van der Waals surface area contributed by atoms with Crippen LogP contribution in [0.25, 0.3) is 75.5 Å². The molecule has 0 spiro atoms. The van der Waals surface area contributed by atoms with Gasteiger partial charge in [0.05, 0.1) is 0 Å². The average Bonchev–Trinajstić information content (AvgIpc) is 3.64. The third-order valence-electron chi connectivity index (χ3n) is 10.5.